The number of amides is 4. The summed E-state index contributed by atoms with van der Waals surface area (Å²) < 4.78 is 6.94. The highest BCUT2D eigenvalue weighted by molar-refractivity contribution is 6.10. The normalized spacial score (nSPS) is 18.2. The molecule has 0 aliphatic carbocycles. The van der Waals surface area contributed by atoms with Gasteiger partial charge in [0.25, 0.3) is 5.91 Å². The molecule has 2 aliphatic rings. The molecule has 0 radical (unpaired) electrons. The monoisotopic (exact) mass is 453 g/mol. The molecule has 11 nitrogen and oxygen atoms in total. The second-order valence-corrected chi connectivity index (χ2v) is 8.09. The number of benzene rings is 1. The zero-order valence-electron chi connectivity index (χ0n) is 18.4. The molecule has 1 aromatic carbocycles. The van der Waals surface area contributed by atoms with Crippen molar-refractivity contribution in [2.24, 2.45) is 5.73 Å². The van der Waals surface area contributed by atoms with Crippen molar-refractivity contribution in [2.45, 2.75) is 24.9 Å². The lowest BCUT2D eigenvalue weighted by molar-refractivity contribution is -0.135. The molecule has 4 N–H and O–H groups in total. The average Bonchev–Trinajstić information content (AvgIpc) is 3.34. The molecule has 174 valence electrons. The number of likely N-dealkylation sites (tertiary alicyclic amines) is 1. The first-order chi connectivity index (χ1) is 15.9. The van der Waals surface area contributed by atoms with E-state index in [0.29, 0.717) is 43.9 Å². The van der Waals surface area contributed by atoms with Crippen molar-refractivity contribution in [1.29, 1.82) is 0 Å². The number of methoxy groups -OCH3 is 1. The summed E-state index contributed by atoms with van der Waals surface area (Å²) in [5.74, 6) is -0.136. The highest BCUT2D eigenvalue weighted by Crippen LogP contribution is 2.30. The quantitative estimate of drug-likeness (QED) is 0.528. The third-order valence-electron chi connectivity index (χ3n) is 6.01. The van der Waals surface area contributed by atoms with Crippen LogP contribution in [0.5, 0.6) is 5.75 Å². The number of rotatable bonds is 7. The van der Waals surface area contributed by atoms with E-state index in [4.69, 9.17) is 10.5 Å². The lowest BCUT2D eigenvalue weighted by Gasteiger charge is -2.37. The molecule has 33 heavy (non-hydrogen) atoms. The van der Waals surface area contributed by atoms with Gasteiger partial charge >= 0.3 is 6.03 Å². The lowest BCUT2D eigenvalue weighted by atomic mass is 9.87. The van der Waals surface area contributed by atoms with E-state index >= 15 is 0 Å². The fraction of sp³-hybridized carbons (Fsp3) is 0.364. The van der Waals surface area contributed by atoms with Crippen LogP contribution in [-0.2, 0) is 16.1 Å². The van der Waals surface area contributed by atoms with E-state index in [-0.39, 0.29) is 12.5 Å². The van der Waals surface area contributed by atoms with Crippen LogP contribution in [0.1, 0.15) is 18.5 Å². The first-order valence-corrected chi connectivity index (χ1v) is 10.6. The van der Waals surface area contributed by atoms with Gasteiger partial charge in [-0.05, 0) is 37.1 Å². The van der Waals surface area contributed by atoms with Gasteiger partial charge < -0.3 is 25.7 Å². The summed E-state index contributed by atoms with van der Waals surface area (Å²) in [5.41, 5.74) is 6.04. The van der Waals surface area contributed by atoms with E-state index in [9.17, 15) is 14.4 Å². The van der Waals surface area contributed by atoms with Crippen LogP contribution >= 0.6 is 0 Å². The molecule has 2 aliphatic heterocycles. The molecule has 0 bridgehead atoms. The molecular formula is C22H27N7O4. The van der Waals surface area contributed by atoms with Crippen LogP contribution in [0.4, 0.5) is 10.5 Å². The summed E-state index contributed by atoms with van der Waals surface area (Å²) in [7, 11) is 1.56. The van der Waals surface area contributed by atoms with Crippen LogP contribution < -0.4 is 21.1 Å². The molecule has 0 atom stereocenters. The number of piperidine rings is 1. The summed E-state index contributed by atoms with van der Waals surface area (Å²) in [4.78, 5) is 45.4. The Morgan fingerprint density at radius 2 is 2.00 bits per heavy atom. The zero-order chi connectivity index (χ0) is 23.4. The number of carbonyl (C=O) groups excluding carboxylic acids is 3. The first kappa shape index (κ1) is 22.3. The van der Waals surface area contributed by atoms with Gasteiger partial charge in [-0.15, -0.1) is 0 Å². The van der Waals surface area contributed by atoms with Crippen molar-refractivity contribution >= 4 is 29.7 Å². The predicted octanol–water partition coefficient (Wildman–Crippen LogP) is 0.804. The van der Waals surface area contributed by atoms with Gasteiger partial charge in [-0.25, -0.2) is 9.78 Å². The molecule has 0 unspecified atom stereocenters. The maximum Gasteiger partial charge on any atom is 0.325 e. The van der Waals surface area contributed by atoms with Crippen molar-refractivity contribution in [2.75, 3.05) is 32.1 Å². The number of hydrogen-bond acceptors (Lipinski definition) is 7. The molecule has 2 saturated heterocycles. The number of hydrogen-bond donors (Lipinski definition) is 3. The summed E-state index contributed by atoms with van der Waals surface area (Å²) in [6.07, 6.45) is 7.56. The molecule has 0 saturated carbocycles. The second-order valence-electron chi connectivity index (χ2n) is 8.09. The topological polar surface area (TPSA) is 135 Å². The molecule has 11 heteroatoms. The van der Waals surface area contributed by atoms with Crippen LogP contribution in [0.15, 0.2) is 43.0 Å². The highest BCUT2D eigenvalue weighted by Gasteiger charge is 2.52. The van der Waals surface area contributed by atoms with E-state index in [1.54, 1.807) is 50.1 Å². The number of imidazole rings is 1. The number of nitrogens with two attached hydrogens (primary N) is 1. The highest BCUT2D eigenvalue weighted by atomic mass is 16.5. The largest absolute Gasteiger partial charge is 0.497 e. The second kappa shape index (κ2) is 9.33. The number of ether oxygens (including phenoxy) is 1. The maximum atomic E-state index is 13.1. The Kier molecular flexibility index (Phi) is 6.31. The minimum atomic E-state index is -0.967. The van der Waals surface area contributed by atoms with Crippen LogP contribution in [0.25, 0.3) is 6.20 Å². The van der Waals surface area contributed by atoms with Crippen LogP contribution in [0, 0.1) is 0 Å². The predicted molar refractivity (Wildman–Crippen MR) is 121 cm³/mol. The molecular weight excluding hydrogens is 426 g/mol. The Bertz CT molecular complexity index is 1050. The Morgan fingerprint density at radius 1 is 1.27 bits per heavy atom. The van der Waals surface area contributed by atoms with E-state index in [0.717, 1.165) is 10.6 Å². The number of urea groups is 1. The molecule has 1 spiro atoms. The minimum Gasteiger partial charge on any atom is -0.497 e. The van der Waals surface area contributed by atoms with E-state index < -0.39 is 17.5 Å². The first-order valence-electron chi connectivity index (χ1n) is 10.6. The average molecular weight is 454 g/mol. The molecule has 2 fully saturated rings. The van der Waals surface area contributed by atoms with Crippen molar-refractivity contribution in [3.8, 4) is 5.75 Å². The van der Waals surface area contributed by atoms with E-state index in [1.165, 1.54) is 6.20 Å². The minimum absolute atomic E-state index is 0.341. The van der Waals surface area contributed by atoms with Gasteiger partial charge in [-0.1, -0.05) is 0 Å². The van der Waals surface area contributed by atoms with Crippen LogP contribution in [-0.4, -0.2) is 69.5 Å². The summed E-state index contributed by atoms with van der Waals surface area (Å²) in [6, 6.07) is 6.27. The Hall–Kier alpha value is -3.86. The van der Waals surface area contributed by atoms with Crippen molar-refractivity contribution in [3.63, 3.8) is 0 Å². The third-order valence-corrected chi connectivity index (χ3v) is 6.01. The number of anilines is 1. The van der Waals surface area contributed by atoms with Gasteiger partial charge in [0, 0.05) is 43.9 Å². The van der Waals surface area contributed by atoms with Crippen molar-refractivity contribution in [3.05, 3.63) is 48.7 Å². The Morgan fingerprint density at radius 3 is 2.67 bits per heavy atom. The maximum absolute atomic E-state index is 13.1. The zero-order valence-corrected chi connectivity index (χ0v) is 18.4. The molecule has 4 rings (SSSR count). The number of carbonyl (C=O) groups is 3. The number of nitrogens with one attached hydrogen (secondary N) is 2. The van der Waals surface area contributed by atoms with Crippen LogP contribution in [0.3, 0.4) is 0 Å². The van der Waals surface area contributed by atoms with Gasteiger partial charge in [-0.3, -0.25) is 19.4 Å². The van der Waals surface area contributed by atoms with Gasteiger partial charge in [0.2, 0.25) is 5.91 Å². The van der Waals surface area contributed by atoms with Gasteiger partial charge in [-0.2, -0.15) is 0 Å². The fourth-order valence-corrected chi connectivity index (χ4v) is 4.18. The summed E-state index contributed by atoms with van der Waals surface area (Å²) in [5, 5.41) is 5.53. The SMILES string of the molecule is COc1ccc(NC(=O)CN2C(=O)NC3(CCN(Cc4cncn4/C=C\N)CC3)C2=O)cc1. The molecule has 4 amide bonds. The third kappa shape index (κ3) is 4.67. The van der Waals surface area contributed by atoms with Crippen molar-refractivity contribution < 1.29 is 19.1 Å². The Labute approximate surface area is 191 Å². The number of aromatic nitrogens is 2. The standard InChI is InChI=1S/C22H27N7O4/c1-33-18-4-2-16(3-5-18)25-19(30)14-29-20(31)22(26-21(29)32)6-9-27(10-7-22)13-17-12-24-15-28(17)11-8-23/h2-5,8,11-12,15H,6-7,9-10,13-14,23H2,1H3,(H,25,30)(H,26,32)/b11-8-. The molecule has 3 heterocycles. The summed E-state index contributed by atoms with van der Waals surface area (Å²) in [6.45, 7) is 1.55. The van der Waals surface area contributed by atoms with E-state index in [2.05, 4.69) is 20.5 Å². The van der Waals surface area contributed by atoms with Crippen molar-refractivity contribution in [1.82, 2.24) is 24.7 Å². The van der Waals surface area contributed by atoms with Crippen LogP contribution in [0.2, 0.25) is 0 Å². The number of nitrogens with zero attached hydrogens (tertiary/aromatic N) is 4. The van der Waals surface area contributed by atoms with Gasteiger partial charge in [0.1, 0.15) is 17.8 Å². The smallest absolute Gasteiger partial charge is 0.325 e. The molecule has 1 aromatic heterocycles. The fourth-order valence-electron chi connectivity index (χ4n) is 4.18. The van der Waals surface area contributed by atoms with E-state index in [1.807, 2.05) is 4.57 Å². The lowest BCUT2D eigenvalue weighted by Crippen LogP contribution is -2.54. The molecule has 2 aromatic rings. The Balaban J connectivity index is 1.33. The number of imide groups is 1. The van der Waals surface area contributed by atoms with Gasteiger partial charge in [0.05, 0.1) is 19.1 Å². The van der Waals surface area contributed by atoms with Gasteiger partial charge in [0.15, 0.2) is 0 Å². The summed E-state index contributed by atoms with van der Waals surface area (Å²) >= 11 is 0.